The van der Waals surface area contributed by atoms with Gasteiger partial charge in [0.05, 0.1) is 19.9 Å². The Kier molecular flexibility index (Phi) is 6.97. The number of aryl methyl sites for hydroxylation is 1. The maximum absolute atomic E-state index is 12.9. The summed E-state index contributed by atoms with van der Waals surface area (Å²) in [5.74, 6) is 1.45. The van der Waals surface area contributed by atoms with Crippen molar-refractivity contribution in [1.82, 2.24) is 18.7 Å². The highest BCUT2D eigenvalue weighted by Crippen LogP contribution is 2.19. The first-order valence-corrected chi connectivity index (χ1v) is 10.8. The topological polar surface area (TPSA) is 125 Å². The number of aliphatic hydroxyl groups is 1. The van der Waals surface area contributed by atoms with Gasteiger partial charge in [-0.15, -0.1) is 0 Å². The van der Waals surface area contributed by atoms with Crippen LogP contribution < -0.4 is 26.1 Å². The summed E-state index contributed by atoms with van der Waals surface area (Å²) in [5, 5.41) is 14.9. The van der Waals surface area contributed by atoms with Crippen LogP contribution in [0.3, 0.4) is 0 Å². The minimum absolute atomic E-state index is 0.0245. The molecular weight excluding hydrogens is 452 g/mol. The van der Waals surface area contributed by atoms with E-state index in [2.05, 4.69) is 15.5 Å². The van der Waals surface area contributed by atoms with Gasteiger partial charge in [0.15, 0.2) is 11.2 Å². The summed E-state index contributed by atoms with van der Waals surface area (Å²) in [7, 11) is 4.50. The van der Waals surface area contributed by atoms with Crippen molar-refractivity contribution in [3.8, 4) is 11.5 Å². The summed E-state index contributed by atoms with van der Waals surface area (Å²) in [5.41, 5.74) is 3.00. The van der Waals surface area contributed by atoms with Gasteiger partial charge in [-0.3, -0.25) is 13.9 Å². The van der Waals surface area contributed by atoms with Crippen molar-refractivity contribution in [2.45, 2.75) is 12.6 Å². The molecule has 11 nitrogen and oxygen atoms in total. The number of aromatic nitrogens is 4. The number of imidazole rings is 1. The van der Waals surface area contributed by atoms with Gasteiger partial charge in [0, 0.05) is 14.1 Å². The SMILES string of the molecule is COc1ccc(OCC(O)Cn2c(N/N=C/c3ccccc3)nc3c2c(=O)n(C)c(=O)n3C)cc1. The third-order valence-electron chi connectivity index (χ3n) is 5.42. The lowest BCUT2D eigenvalue weighted by atomic mass is 10.2. The van der Waals surface area contributed by atoms with Gasteiger partial charge in [-0.25, -0.2) is 10.2 Å². The van der Waals surface area contributed by atoms with Crippen LogP contribution >= 0.6 is 0 Å². The molecule has 2 N–H and O–H groups in total. The van der Waals surface area contributed by atoms with Crippen LogP contribution in [0.25, 0.3) is 11.2 Å². The van der Waals surface area contributed by atoms with Crippen molar-refractivity contribution < 1.29 is 14.6 Å². The number of nitrogens with one attached hydrogen (secondary N) is 1. The number of anilines is 1. The molecule has 182 valence electrons. The molecule has 2 aromatic heterocycles. The van der Waals surface area contributed by atoms with Crippen LogP contribution in [0.4, 0.5) is 5.95 Å². The molecule has 1 unspecified atom stereocenters. The largest absolute Gasteiger partial charge is 0.497 e. The molecular formula is C24H26N6O5. The molecule has 35 heavy (non-hydrogen) atoms. The minimum atomic E-state index is -0.991. The number of ether oxygens (including phenoxy) is 2. The van der Waals surface area contributed by atoms with Crippen LogP contribution in [0.2, 0.25) is 0 Å². The molecule has 0 radical (unpaired) electrons. The molecule has 11 heteroatoms. The number of fused-ring (bicyclic) bond motifs is 1. The Morgan fingerprint density at radius 1 is 1.06 bits per heavy atom. The lowest BCUT2D eigenvalue weighted by molar-refractivity contribution is 0.0938. The molecule has 0 saturated carbocycles. The predicted octanol–water partition coefficient (Wildman–Crippen LogP) is 1.33. The van der Waals surface area contributed by atoms with Gasteiger partial charge in [-0.2, -0.15) is 10.1 Å². The molecule has 0 aliphatic carbocycles. The number of hydrogen-bond acceptors (Lipinski definition) is 8. The van der Waals surface area contributed by atoms with Crippen LogP contribution in [0.5, 0.6) is 11.5 Å². The zero-order valence-corrected chi connectivity index (χ0v) is 19.6. The molecule has 2 aromatic carbocycles. The fourth-order valence-electron chi connectivity index (χ4n) is 3.54. The van der Waals surface area contributed by atoms with Crippen LogP contribution in [0.1, 0.15) is 5.56 Å². The molecule has 0 amide bonds. The van der Waals surface area contributed by atoms with Crippen LogP contribution in [0.15, 0.2) is 69.3 Å². The summed E-state index contributed by atoms with van der Waals surface area (Å²) < 4.78 is 14.6. The average molecular weight is 479 g/mol. The molecule has 2 heterocycles. The number of hydrogen-bond donors (Lipinski definition) is 2. The number of nitrogens with zero attached hydrogens (tertiary/aromatic N) is 5. The van der Waals surface area contributed by atoms with E-state index in [1.807, 2.05) is 30.3 Å². The fourth-order valence-corrected chi connectivity index (χ4v) is 3.54. The quantitative estimate of drug-likeness (QED) is 0.275. The summed E-state index contributed by atoms with van der Waals surface area (Å²) >= 11 is 0. The molecule has 0 spiro atoms. The molecule has 0 aliphatic rings. The van der Waals surface area contributed by atoms with Crippen LogP contribution in [-0.4, -0.2) is 49.8 Å². The van der Waals surface area contributed by atoms with E-state index in [1.54, 1.807) is 37.6 Å². The first-order valence-electron chi connectivity index (χ1n) is 10.8. The van der Waals surface area contributed by atoms with Gasteiger partial charge < -0.3 is 19.1 Å². The molecule has 0 saturated heterocycles. The first-order chi connectivity index (χ1) is 16.9. The maximum Gasteiger partial charge on any atom is 0.332 e. The number of aliphatic hydroxyl groups excluding tert-OH is 1. The monoisotopic (exact) mass is 478 g/mol. The molecule has 0 aliphatic heterocycles. The van der Waals surface area contributed by atoms with Gasteiger partial charge in [0.25, 0.3) is 5.56 Å². The second kappa shape index (κ2) is 10.3. The summed E-state index contributed by atoms with van der Waals surface area (Å²) in [6, 6.07) is 16.4. The smallest absolute Gasteiger partial charge is 0.332 e. The third kappa shape index (κ3) is 5.09. The van der Waals surface area contributed by atoms with Crippen molar-refractivity contribution in [2.24, 2.45) is 19.2 Å². The highest BCUT2D eigenvalue weighted by molar-refractivity contribution is 5.80. The number of rotatable bonds is 9. The van der Waals surface area contributed by atoms with E-state index < -0.39 is 17.4 Å². The minimum Gasteiger partial charge on any atom is -0.497 e. The van der Waals surface area contributed by atoms with E-state index >= 15 is 0 Å². The Balaban J connectivity index is 1.62. The number of benzene rings is 2. The Morgan fingerprint density at radius 3 is 2.43 bits per heavy atom. The molecule has 0 bridgehead atoms. The predicted molar refractivity (Wildman–Crippen MR) is 132 cm³/mol. The lowest BCUT2D eigenvalue weighted by Crippen LogP contribution is -2.38. The second-order valence-corrected chi connectivity index (χ2v) is 7.85. The van der Waals surface area contributed by atoms with Crippen LogP contribution in [-0.2, 0) is 20.6 Å². The summed E-state index contributed by atoms with van der Waals surface area (Å²) in [4.78, 5) is 29.8. The van der Waals surface area contributed by atoms with Crippen molar-refractivity contribution in [2.75, 3.05) is 19.1 Å². The maximum atomic E-state index is 12.9. The van der Waals surface area contributed by atoms with Gasteiger partial charge in [0.1, 0.15) is 24.2 Å². The van der Waals surface area contributed by atoms with Gasteiger partial charge in [0.2, 0.25) is 5.95 Å². The Hall–Kier alpha value is -4.38. The molecule has 0 fully saturated rings. The van der Waals surface area contributed by atoms with Crippen molar-refractivity contribution in [3.63, 3.8) is 0 Å². The summed E-state index contributed by atoms with van der Waals surface area (Å²) in [6.45, 7) is -0.0614. The van der Waals surface area contributed by atoms with Crippen LogP contribution in [0, 0.1) is 0 Å². The van der Waals surface area contributed by atoms with E-state index in [-0.39, 0.29) is 30.3 Å². The Bertz CT molecular complexity index is 1450. The highest BCUT2D eigenvalue weighted by atomic mass is 16.5. The molecule has 1 atom stereocenters. The molecule has 4 rings (SSSR count). The standard InChI is InChI=1S/C24H26N6O5/c1-28-21-20(22(32)29(2)24(28)33)30(23(26-21)27-25-13-16-7-5-4-6-8-16)14-17(31)15-35-19-11-9-18(34-3)10-12-19/h4-13,17,31H,14-15H2,1-3H3,(H,26,27)/b25-13+. The van der Waals surface area contributed by atoms with Gasteiger partial charge in [-0.1, -0.05) is 30.3 Å². The van der Waals surface area contributed by atoms with Gasteiger partial charge in [-0.05, 0) is 29.8 Å². The number of hydrazone groups is 1. The zero-order valence-electron chi connectivity index (χ0n) is 19.6. The van der Waals surface area contributed by atoms with E-state index in [1.165, 1.54) is 23.2 Å². The lowest BCUT2D eigenvalue weighted by Gasteiger charge is -2.15. The second-order valence-electron chi connectivity index (χ2n) is 7.85. The van der Waals surface area contributed by atoms with E-state index in [0.717, 1.165) is 10.1 Å². The van der Waals surface area contributed by atoms with Crippen molar-refractivity contribution in [3.05, 3.63) is 81.0 Å². The zero-order chi connectivity index (χ0) is 24.9. The molecule has 4 aromatic rings. The summed E-state index contributed by atoms with van der Waals surface area (Å²) in [6.07, 6.45) is 0.611. The van der Waals surface area contributed by atoms with E-state index in [4.69, 9.17) is 9.47 Å². The normalized spacial score (nSPS) is 12.2. The first kappa shape index (κ1) is 23.8. The van der Waals surface area contributed by atoms with Gasteiger partial charge >= 0.3 is 5.69 Å². The van der Waals surface area contributed by atoms with E-state index in [9.17, 15) is 14.7 Å². The van der Waals surface area contributed by atoms with Crippen molar-refractivity contribution in [1.29, 1.82) is 0 Å². The third-order valence-corrected chi connectivity index (χ3v) is 5.42. The Labute approximate surface area is 200 Å². The number of methoxy groups -OCH3 is 1. The highest BCUT2D eigenvalue weighted by Gasteiger charge is 2.21. The fraction of sp³-hybridized carbons (Fsp3) is 0.250. The Morgan fingerprint density at radius 2 is 1.74 bits per heavy atom. The average Bonchev–Trinajstić information content (AvgIpc) is 3.24. The van der Waals surface area contributed by atoms with Crippen molar-refractivity contribution >= 4 is 23.3 Å². The van der Waals surface area contributed by atoms with E-state index in [0.29, 0.717) is 11.5 Å².